The van der Waals surface area contributed by atoms with Gasteiger partial charge in [-0.2, -0.15) is 0 Å². The fourth-order valence-corrected chi connectivity index (χ4v) is 3.21. The number of methoxy groups -OCH3 is 1. The molecule has 7 nitrogen and oxygen atoms in total. The van der Waals surface area contributed by atoms with Gasteiger partial charge in [-0.25, -0.2) is 4.39 Å². The Morgan fingerprint density at radius 1 is 1.00 bits per heavy atom. The number of para-hydroxylation sites is 1. The summed E-state index contributed by atoms with van der Waals surface area (Å²) in [5, 5.41) is 5.51. The molecule has 0 fully saturated rings. The molecule has 3 aromatic carbocycles. The van der Waals surface area contributed by atoms with Gasteiger partial charge in [0.15, 0.2) is 11.5 Å². The van der Waals surface area contributed by atoms with Crippen LogP contribution in [0.4, 0.5) is 15.8 Å². The van der Waals surface area contributed by atoms with Crippen molar-refractivity contribution in [3.05, 3.63) is 76.6 Å². The number of carbonyl (C=O) groups is 2. The maximum absolute atomic E-state index is 14.1. The monoisotopic (exact) mass is 442 g/mol. The molecule has 0 aliphatic carbocycles. The molecule has 4 rings (SSSR count). The number of anilines is 2. The molecule has 31 heavy (non-hydrogen) atoms. The fourth-order valence-electron chi connectivity index (χ4n) is 3.05. The molecule has 1 aliphatic rings. The van der Waals surface area contributed by atoms with E-state index in [0.717, 1.165) is 6.07 Å². The van der Waals surface area contributed by atoms with Crippen LogP contribution in [0, 0.1) is 5.82 Å². The van der Waals surface area contributed by atoms with Gasteiger partial charge < -0.3 is 24.8 Å². The van der Waals surface area contributed by atoms with E-state index in [9.17, 15) is 14.0 Å². The predicted molar refractivity (Wildman–Crippen MR) is 113 cm³/mol. The Balaban J connectivity index is 1.57. The van der Waals surface area contributed by atoms with Crippen molar-refractivity contribution in [3.63, 3.8) is 0 Å². The van der Waals surface area contributed by atoms with Gasteiger partial charge in [-0.15, -0.1) is 0 Å². The maximum Gasteiger partial charge on any atom is 0.259 e. The third-order valence-electron chi connectivity index (χ3n) is 4.52. The molecular formula is C22H16ClFN2O5. The summed E-state index contributed by atoms with van der Waals surface area (Å²) >= 11 is 5.74. The Bertz CT molecular complexity index is 1180. The second kappa shape index (κ2) is 8.53. The van der Waals surface area contributed by atoms with E-state index in [2.05, 4.69) is 10.6 Å². The molecule has 9 heteroatoms. The SMILES string of the molecule is COc1ccc(NC(=O)c2cccc3c2OCO3)cc1NC(=O)c1ccc(Cl)cc1F. The number of hydrogen-bond donors (Lipinski definition) is 2. The minimum absolute atomic E-state index is 0.0413. The normalized spacial score (nSPS) is 11.7. The van der Waals surface area contributed by atoms with Crippen molar-refractivity contribution in [2.24, 2.45) is 0 Å². The molecule has 1 aliphatic heterocycles. The van der Waals surface area contributed by atoms with E-state index >= 15 is 0 Å². The van der Waals surface area contributed by atoms with Crippen molar-refractivity contribution in [1.29, 1.82) is 0 Å². The first-order valence-corrected chi connectivity index (χ1v) is 9.48. The Hall–Kier alpha value is -3.78. The third-order valence-corrected chi connectivity index (χ3v) is 4.76. The number of fused-ring (bicyclic) bond motifs is 1. The first-order chi connectivity index (χ1) is 15.0. The molecule has 3 aromatic rings. The highest BCUT2D eigenvalue weighted by Crippen LogP contribution is 2.36. The number of carbonyl (C=O) groups excluding carboxylic acids is 2. The van der Waals surface area contributed by atoms with Gasteiger partial charge in [0.1, 0.15) is 11.6 Å². The molecule has 2 N–H and O–H groups in total. The number of nitrogens with one attached hydrogen (secondary N) is 2. The summed E-state index contributed by atoms with van der Waals surface area (Å²) in [6, 6.07) is 13.4. The van der Waals surface area contributed by atoms with E-state index in [1.807, 2.05) is 0 Å². The van der Waals surface area contributed by atoms with Gasteiger partial charge in [0, 0.05) is 10.7 Å². The highest BCUT2D eigenvalue weighted by molar-refractivity contribution is 6.30. The van der Waals surface area contributed by atoms with Crippen LogP contribution in [-0.4, -0.2) is 25.7 Å². The van der Waals surface area contributed by atoms with Crippen LogP contribution in [0.3, 0.4) is 0 Å². The van der Waals surface area contributed by atoms with E-state index in [0.29, 0.717) is 28.5 Å². The summed E-state index contributed by atoms with van der Waals surface area (Å²) in [4.78, 5) is 25.3. The van der Waals surface area contributed by atoms with Gasteiger partial charge in [-0.3, -0.25) is 9.59 Å². The minimum atomic E-state index is -0.756. The predicted octanol–water partition coefficient (Wildman–Crippen LogP) is 4.72. The average molecular weight is 443 g/mol. The number of rotatable bonds is 5. The molecule has 0 atom stereocenters. The Morgan fingerprint density at radius 3 is 2.58 bits per heavy atom. The molecule has 0 saturated carbocycles. The van der Waals surface area contributed by atoms with E-state index in [1.54, 1.807) is 30.3 Å². The lowest BCUT2D eigenvalue weighted by molar-refractivity contribution is 0.101. The van der Waals surface area contributed by atoms with Crippen LogP contribution in [0.2, 0.25) is 5.02 Å². The van der Waals surface area contributed by atoms with Gasteiger partial charge in [0.05, 0.1) is 23.9 Å². The summed E-state index contributed by atoms with van der Waals surface area (Å²) in [7, 11) is 1.43. The fraction of sp³-hybridized carbons (Fsp3) is 0.0909. The van der Waals surface area contributed by atoms with Crippen molar-refractivity contribution >= 4 is 34.8 Å². The molecule has 158 valence electrons. The van der Waals surface area contributed by atoms with E-state index in [4.69, 9.17) is 25.8 Å². The lowest BCUT2D eigenvalue weighted by Crippen LogP contribution is -2.16. The zero-order chi connectivity index (χ0) is 22.0. The van der Waals surface area contributed by atoms with Crippen molar-refractivity contribution < 1.29 is 28.2 Å². The Kier molecular flexibility index (Phi) is 5.64. The van der Waals surface area contributed by atoms with Crippen LogP contribution in [-0.2, 0) is 0 Å². The topological polar surface area (TPSA) is 85.9 Å². The van der Waals surface area contributed by atoms with Crippen LogP contribution >= 0.6 is 11.6 Å². The number of halogens is 2. The molecule has 1 heterocycles. The zero-order valence-corrected chi connectivity index (χ0v) is 17.0. The molecule has 0 unspecified atom stereocenters. The average Bonchev–Trinajstić information content (AvgIpc) is 3.22. The largest absolute Gasteiger partial charge is 0.495 e. The van der Waals surface area contributed by atoms with Gasteiger partial charge in [-0.1, -0.05) is 17.7 Å². The Morgan fingerprint density at radius 2 is 1.81 bits per heavy atom. The number of amides is 2. The van der Waals surface area contributed by atoms with E-state index in [1.165, 1.54) is 25.3 Å². The molecule has 0 saturated heterocycles. The minimum Gasteiger partial charge on any atom is -0.495 e. The summed E-state index contributed by atoms with van der Waals surface area (Å²) in [5.74, 6) is -0.692. The lowest BCUT2D eigenvalue weighted by Gasteiger charge is -2.13. The van der Waals surface area contributed by atoms with Gasteiger partial charge in [0.2, 0.25) is 6.79 Å². The second-order valence-electron chi connectivity index (χ2n) is 6.49. The molecule has 0 bridgehead atoms. The maximum atomic E-state index is 14.1. The summed E-state index contributed by atoms with van der Waals surface area (Å²) in [6.07, 6.45) is 0. The third kappa shape index (κ3) is 4.24. The van der Waals surface area contributed by atoms with Gasteiger partial charge >= 0.3 is 0 Å². The summed E-state index contributed by atoms with van der Waals surface area (Å²) in [6.45, 7) is 0.0413. The van der Waals surface area contributed by atoms with Crippen LogP contribution in [0.5, 0.6) is 17.2 Å². The highest BCUT2D eigenvalue weighted by Gasteiger charge is 2.22. The summed E-state index contributed by atoms with van der Waals surface area (Å²) < 4.78 is 30.0. The van der Waals surface area contributed by atoms with Gasteiger partial charge in [-0.05, 0) is 48.5 Å². The number of benzene rings is 3. The summed E-state index contributed by atoms with van der Waals surface area (Å²) in [5.41, 5.74) is 0.754. The second-order valence-corrected chi connectivity index (χ2v) is 6.92. The standard InChI is InChI=1S/C22H16ClFN2O5/c1-29-18-8-6-13(25-22(28)15-3-2-4-19-20(15)31-11-30-19)10-17(18)26-21(27)14-7-5-12(23)9-16(14)24/h2-10H,11H2,1H3,(H,25,28)(H,26,27). The molecule has 0 aromatic heterocycles. The number of hydrogen-bond acceptors (Lipinski definition) is 5. The van der Waals surface area contributed by atoms with E-state index in [-0.39, 0.29) is 23.1 Å². The van der Waals surface area contributed by atoms with Crippen LogP contribution in [0.1, 0.15) is 20.7 Å². The lowest BCUT2D eigenvalue weighted by atomic mass is 10.1. The zero-order valence-electron chi connectivity index (χ0n) is 16.2. The first kappa shape index (κ1) is 20.5. The van der Waals surface area contributed by atoms with Crippen LogP contribution in [0.25, 0.3) is 0 Å². The molecule has 0 radical (unpaired) electrons. The van der Waals surface area contributed by atoms with Crippen LogP contribution < -0.4 is 24.8 Å². The van der Waals surface area contributed by atoms with Crippen molar-refractivity contribution in [2.75, 3.05) is 24.5 Å². The quantitative estimate of drug-likeness (QED) is 0.597. The van der Waals surface area contributed by atoms with Crippen molar-refractivity contribution in [2.45, 2.75) is 0 Å². The highest BCUT2D eigenvalue weighted by atomic mass is 35.5. The number of ether oxygens (including phenoxy) is 3. The van der Waals surface area contributed by atoms with Crippen molar-refractivity contribution in [1.82, 2.24) is 0 Å². The molecule has 0 spiro atoms. The first-order valence-electron chi connectivity index (χ1n) is 9.10. The van der Waals surface area contributed by atoms with E-state index < -0.39 is 17.6 Å². The van der Waals surface area contributed by atoms with Gasteiger partial charge in [0.25, 0.3) is 11.8 Å². The van der Waals surface area contributed by atoms with Crippen LogP contribution in [0.15, 0.2) is 54.6 Å². The van der Waals surface area contributed by atoms with Crippen molar-refractivity contribution in [3.8, 4) is 17.2 Å². The molecule has 2 amide bonds. The Labute approximate surface area is 181 Å². The smallest absolute Gasteiger partial charge is 0.259 e. The molecular weight excluding hydrogens is 427 g/mol.